The van der Waals surface area contributed by atoms with Crippen LogP contribution in [0.3, 0.4) is 0 Å². The number of nitrogens with zero attached hydrogens (tertiary/aromatic N) is 3. The number of rotatable bonds is 2. The van der Waals surface area contributed by atoms with Gasteiger partial charge in [0, 0.05) is 7.05 Å². The fourth-order valence-corrected chi connectivity index (χ4v) is 1.82. The van der Waals surface area contributed by atoms with E-state index in [4.69, 9.17) is 0 Å². The van der Waals surface area contributed by atoms with Crippen molar-refractivity contribution in [2.75, 3.05) is 20.7 Å². The Balaban J connectivity index is 2.15. The minimum atomic E-state index is -0.670. The Bertz CT molecular complexity index is 408. The van der Waals surface area contributed by atoms with Gasteiger partial charge in [-0.3, -0.25) is 14.9 Å². The predicted molar refractivity (Wildman–Crippen MR) is 56.1 cm³/mol. The molecule has 2 aliphatic rings. The number of imide groups is 1. The van der Waals surface area contributed by atoms with Crippen LogP contribution >= 0.6 is 0 Å². The Morgan fingerprint density at radius 3 is 2.94 bits per heavy atom. The van der Waals surface area contributed by atoms with Gasteiger partial charge in [-0.1, -0.05) is 0 Å². The van der Waals surface area contributed by atoms with Gasteiger partial charge < -0.3 is 14.5 Å². The van der Waals surface area contributed by atoms with E-state index in [1.165, 1.54) is 23.2 Å². The van der Waals surface area contributed by atoms with Crippen LogP contribution in [0.4, 0.5) is 4.79 Å². The summed E-state index contributed by atoms with van der Waals surface area (Å²) in [7, 11) is 2.81. The molecule has 0 bridgehead atoms. The van der Waals surface area contributed by atoms with E-state index in [0.29, 0.717) is 0 Å². The van der Waals surface area contributed by atoms with E-state index < -0.39 is 30.1 Å². The molecule has 8 nitrogen and oxygen atoms in total. The lowest BCUT2D eigenvalue weighted by Crippen LogP contribution is -2.63. The summed E-state index contributed by atoms with van der Waals surface area (Å²) in [6.07, 6.45) is 0.807. The van der Waals surface area contributed by atoms with Crippen molar-refractivity contribution in [1.29, 1.82) is 0 Å². The molecular formula is C9H12N4O4. The van der Waals surface area contributed by atoms with Crippen LogP contribution in [0.2, 0.25) is 0 Å². The Morgan fingerprint density at radius 2 is 2.29 bits per heavy atom. The molecule has 0 spiro atoms. The summed E-state index contributed by atoms with van der Waals surface area (Å²) in [6, 6.07) is -1.16. The molecule has 17 heavy (non-hydrogen) atoms. The van der Waals surface area contributed by atoms with Gasteiger partial charge in [-0.25, -0.2) is 9.79 Å². The zero-order chi connectivity index (χ0) is 12.6. The summed E-state index contributed by atoms with van der Waals surface area (Å²) >= 11 is 0. The molecule has 0 aliphatic carbocycles. The maximum atomic E-state index is 11.7. The van der Waals surface area contributed by atoms with E-state index in [1.807, 2.05) is 0 Å². The second-order valence-electron chi connectivity index (χ2n) is 3.78. The minimum Gasteiger partial charge on any atom is -0.468 e. The third-order valence-electron chi connectivity index (χ3n) is 2.76. The van der Waals surface area contributed by atoms with Crippen LogP contribution in [-0.4, -0.2) is 67.0 Å². The Hall–Kier alpha value is -2.12. The smallest absolute Gasteiger partial charge is 0.325 e. The number of fused-ring (bicyclic) bond motifs is 1. The number of amides is 3. The molecule has 3 amide bonds. The van der Waals surface area contributed by atoms with Gasteiger partial charge in [-0.2, -0.15) is 0 Å². The van der Waals surface area contributed by atoms with Gasteiger partial charge in [0.15, 0.2) is 12.2 Å². The molecule has 1 N–H and O–H groups in total. The van der Waals surface area contributed by atoms with Gasteiger partial charge in [0.25, 0.3) is 5.91 Å². The summed E-state index contributed by atoms with van der Waals surface area (Å²) in [5, 5.41) is 2.20. The highest BCUT2D eigenvalue weighted by Crippen LogP contribution is 2.20. The van der Waals surface area contributed by atoms with Gasteiger partial charge in [0.2, 0.25) is 0 Å². The van der Waals surface area contributed by atoms with Crippen molar-refractivity contribution >= 4 is 24.2 Å². The van der Waals surface area contributed by atoms with E-state index in [1.54, 1.807) is 7.05 Å². The molecule has 2 rings (SSSR count). The van der Waals surface area contributed by atoms with Crippen molar-refractivity contribution < 1.29 is 19.1 Å². The van der Waals surface area contributed by atoms with Gasteiger partial charge in [0.05, 0.1) is 13.4 Å². The number of carbonyl (C=O) groups excluding carboxylic acids is 3. The molecule has 0 aromatic carbocycles. The number of likely N-dealkylation sites (N-methyl/N-ethyl adjacent to an activating group) is 1. The highest BCUT2D eigenvalue weighted by molar-refractivity contribution is 6.02. The molecule has 0 saturated carbocycles. The first-order valence-corrected chi connectivity index (χ1v) is 4.98. The first-order valence-electron chi connectivity index (χ1n) is 4.98. The van der Waals surface area contributed by atoms with Crippen molar-refractivity contribution in [3.63, 3.8) is 0 Å². The number of nitrogens with one attached hydrogen (secondary N) is 1. The molecule has 0 aromatic rings. The van der Waals surface area contributed by atoms with E-state index in [2.05, 4.69) is 15.0 Å². The first kappa shape index (κ1) is 11.4. The second kappa shape index (κ2) is 4.04. The number of aliphatic imine (C=N–C) groups is 1. The number of urea groups is 1. The van der Waals surface area contributed by atoms with Gasteiger partial charge in [0.1, 0.15) is 6.54 Å². The summed E-state index contributed by atoms with van der Waals surface area (Å²) in [5.41, 5.74) is 0. The molecule has 0 radical (unpaired) electrons. The average Bonchev–Trinajstić information content (AvgIpc) is 2.70. The van der Waals surface area contributed by atoms with E-state index in [-0.39, 0.29) is 6.54 Å². The highest BCUT2D eigenvalue weighted by atomic mass is 16.5. The molecular weight excluding hydrogens is 228 g/mol. The maximum absolute atomic E-state index is 11.7. The molecule has 0 aromatic heterocycles. The second-order valence-corrected chi connectivity index (χ2v) is 3.78. The van der Waals surface area contributed by atoms with Crippen LogP contribution in [0.5, 0.6) is 0 Å². The van der Waals surface area contributed by atoms with E-state index in [9.17, 15) is 14.4 Å². The molecule has 2 unspecified atom stereocenters. The molecule has 8 heteroatoms. The topological polar surface area (TPSA) is 91.3 Å². The summed E-state index contributed by atoms with van der Waals surface area (Å²) in [4.78, 5) is 41.0. The monoisotopic (exact) mass is 240 g/mol. The lowest BCUT2D eigenvalue weighted by atomic mass is 10.1. The largest absolute Gasteiger partial charge is 0.468 e. The number of ether oxygens (including phenoxy) is 1. The number of carbonyl (C=O) groups is 3. The van der Waals surface area contributed by atoms with Gasteiger partial charge >= 0.3 is 12.0 Å². The van der Waals surface area contributed by atoms with Crippen LogP contribution in [-0.2, 0) is 14.3 Å². The van der Waals surface area contributed by atoms with Gasteiger partial charge in [-0.15, -0.1) is 0 Å². The normalized spacial score (nSPS) is 26.9. The van der Waals surface area contributed by atoms with Crippen molar-refractivity contribution in [3.05, 3.63) is 0 Å². The van der Waals surface area contributed by atoms with Crippen LogP contribution < -0.4 is 5.32 Å². The average molecular weight is 240 g/mol. The third-order valence-corrected chi connectivity index (χ3v) is 2.76. The van der Waals surface area contributed by atoms with E-state index >= 15 is 0 Å². The fraction of sp³-hybridized carbons (Fsp3) is 0.556. The summed E-state index contributed by atoms with van der Waals surface area (Å²) < 4.78 is 4.52. The molecule has 2 aliphatic heterocycles. The standard InChI is InChI=1S/C9H12N4O4/c1-12-7-6(8(15)11-9(12)16)13(4-10-7)3-5(14)17-2/h4,6-7H,3H2,1-2H3,(H,11,15,16). The van der Waals surface area contributed by atoms with Crippen molar-refractivity contribution in [2.24, 2.45) is 4.99 Å². The lowest BCUT2D eigenvalue weighted by Gasteiger charge is -2.35. The summed E-state index contributed by atoms with van der Waals surface area (Å²) in [6.45, 7) is -0.0728. The quantitative estimate of drug-likeness (QED) is 0.586. The SMILES string of the molecule is COC(=O)CN1C=NC2C1C(=O)NC(=O)N2C. The third kappa shape index (κ3) is 1.81. The Labute approximate surface area is 97.2 Å². The van der Waals surface area contributed by atoms with Gasteiger partial charge in [-0.05, 0) is 0 Å². The lowest BCUT2D eigenvalue weighted by molar-refractivity contribution is -0.142. The van der Waals surface area contributed by atoms with E-state index in [0.717, 1.165) is 0 Å². The predicted octanol–water partition coefficient (Wildman–Crippen LogP) is -1.62. The Kier molecular flexibility index (Phi) is 2.70. The zero-order valence-electron chi connectivity index (χ0n) is 9.41. The summed E-state index contributed by atoms with van der Waals surface area (Å²) in [5.74, 6) is -0.927. The van der Waals surface area contributed by atoms with Crippen LogP contribution in [0.15, 0.2) is 4.99 Å². The molecule has 92 valence electrons. The molecule has 1 fully saturated rings. The molecule has 2 heterocycles. The number of hydrogen-bond acceptors (Lipinski definition) is 6. The first-order chi connectivity index (χ1) is 8.04. The Morgan fingerprint density at radius 1 is 1.59 bits per heavy atom. The number of hydrogen-bond donors (Lipinski definition) is 1. The minimum absolute atomic E-state index is 0.0728. The van der Waals surface area contributed by atoms with Crippen LogP contribution in [0.1, 0.15) is 0 Å². The molecule has 1 saturated heterocycles. The number of esters is 1. The van der Waals surface area contributed by atoms with Crippen molar-refractivity contribution in [2.45, 2.75) is 12.2 Å². The number of methoxy groups -OCH3 is 1. The highest BCUT2D eigenvalue weighted by Gasteiger charge is 2.45. The van der Waals surface area contributed by atoms with Crippen molar-refractivity contribution in [1.82, 2.24) is 15.1 Å². The maximum Gasteiger partial charge on any atom is 0.325 e. The zero-order valence-corrected chi connectivity index (χ0v) is 9.41. The van der Waals surface area contributed by atoms with Crippen LogP contribution in [0, 0.1) is 0 Å². The van der Waals surface area contributed by atoms with Crippen molar-refractivity contribution in [3.8, 4) is 0 Å². The fourth-order valence-electron chi connectivity index (χ4n) is 1.82. The van der Waals surface area contributed by atoms with Crippen LogP contribution in [0.25, 0.3) is 0 Å². The molecule has 2 atom stereocenters.